The third-order valence-electron chi connectivity index (χ3n) is 3.95. The molecule has 0 radical (unpaired) electrons. The van der Waals surface area contributed by atoms with E-state index in [9.17, 15) is 22.8 Å². The van der Waals surface area contributed by atoms with Crippen LogP contribution in [0, 0.1) is 0 Å². The Morgan fingerprint density at radius 2 is 1.72 bits per heavy atom. The second-order valence-corrected chi connectivity index (χ2v) is 6.86. The zero-order valence-corrected chi connectivity index (χ0v) is 15.8. The summed E-state index contributed by atoms with van der Waals surface area (Å²) in [7, 11) is 0. The first-order valence-electron chi connectivity index (χ1n) is 8.57. The van der Waals surface area contributed by atoms with Gasteiger partial charge in [-0.05, 0) is 42.8 Å². The number of nitrogens with one attached hydrogen (secondary N) is 2. The van der Waals surface area contributed by atoms with E-state index in [1.165, 1.54) is 35.6 Å². The van der Waals surface area contributed by atoms with Crippen molar-refractivity contribution in [1.82, 2.24) is 4.98 Å². The molecule has 5 nitrogen and oxygen atoms in total. The number of carbonyl (C=O) groups is 2. The van der Waals surface area contributed by atoms with Crippen molar-refractivity contribution in [1.29, 1.82) is 0 Å². The molecule has 0 saturated carbocycles. The van der Waals surface area contributed by atoms with Crippen LogP contribution in [0.5, 0.6) is 0 Å². The minimum absolute atomic E-state index is 0.0301. The van der Waals surface area contributed by atoms with Crippen molar-refractivity contribution in [2.24, 2.45) is 0 Å². The molecule has 0 saturated heterocycles. The van der Waals surface area contributed by atoms with Gasteiger partial charge in [-0.3, -0.25) is 9.59 Å². The van der Waals surface area contributed by atoms with E-state index in [0.717, 1.165) is 17.8 Å². The number of carbonyl (C=O) groups excluding carboxylic acids is 2. The van der Waals surface area contributed by atoms with Gasteiger partial charge < -0.3 is 10.6 Å². The van der Waals surface area contributed by atoms with Crippen LogP contribution in [0.15, 0.2) is 59.4 Å². The Kier molecular flexibility index (Phi) is 6.28. The third kappa shape index (κ3) is 5.89. The highest BCUT2D eigenvalue weighted by Crippen LogP contribution is 2.30. The highest BCUT2D eigenvalue weighted by atomic mass is 32.1. The van der Waals surface area contributed by atoms with Crippen LogP contribution in [0.4, 0.5) is 24.5 Å². The van der Waals surface area contributed by atoms with E-state index in [-0.39, 0.29) is 23.6 Å². The zero-order chi connectivity index (χ0) is 20.9. The molecule has 0 aliphatic carbocycles. The van der Waals surface area contributed by atoms with Crippen LogP contribution in [0.1, 0.15) is 28.0 Å². The number of hydrogen-bond donors (Lipinski definition) is 2. The maximum Gasteiger partial charge on any atom is 0.416 e. The van der Waals surface area contributed by atoms with E-state index in [1.807, 2.05) is 5.38 Å². The van der Waals surface area contributed by atoms with Crippen molar-refractivity contribution >= 4 is 34.5 Å². The van der Waals surface area contributed by atoms with Crippen molar-refractivity contribution < 1.29 is 22.8 Å². The van der Waals surface area contributed by atoms with Gasteiger partial charge in [0.25, 0.3) is 5.91 Å². The van der Waals surface area contributed by atoms with E-state index in [0.29, 0.717) is 12.1 Å². The number of benzene rings is 2. The molecule has 1 aromatic heterocycles. The number of halogens is 3. The van der Waals surface area contributed by atoms with Gasteiger partial charge in [0.15, 0.2) is 0 Å². The fraction of sp³-hybridized carbons (Fsp3) is 0.150. The molecule has 2 amide bonds. The normalized spacial score (nSPS) is 11.1. The van der Waals surface area contributed by atoms with Gasteiger partial charge >= 0.3 is 6.18 Å². The number of alkyl halides is 3. The van der Waals surface area contributed by atoms with Crippen LogP contribution in [0.3, 0.4) is 0 Å². The van der Waals surface area contributed by atoms with Crippen molar-refractivity contribution in [2.45, 2.75) is 19.0 Å². The van der Waals surface area contributed by atoms with Gasteiger partial charge in [0.05, 0.1) is 16.8 Å². The lowest BCUT2D eigenvalue weighted by atomic mass is 10.1. The number of aryl methyl sites for hydroxylation is 1. The van der Waals surface area contributed by atoms with Gasteiger partial charge in [0, 0.05) is 28.7 Å². The molecule has 29 heavy (non-hydrogen) atoms. The molecule has 3 aromatic rings. The Bertz CT molecular complexity index is 1000. The summed E-state index contributed by atoms with van der Waals surface area (Å²) in [6.45, 7) is 0. The second-order valence-electron chi connectivity index (χ2n) is 6.14. The molecule has 2 aromatic carbocycles. The van der Waals surface area contributed by atoms with E-state index in [1.54, 1.807) is 17.6 Å². The molecule has 0 bridgehead atoms. The lowest BCUT2D eigenvalue weighted by Gasteiger charge is -2.11. The summed E-state index contributed by atoms with van der Waals surface area (Å²) in [5.41, 5.74) is 2.34. The maximum absolute atomic E-state index is 12.8. The smallest absolute Gasteiger partial charge is 0.326 e. The van der Waals surface area contributed by atoms with Gasteiger partial charge in [-0.1, -0.05) is 12.1 Å². The lowest BCUT2D eigenvalue weighted by molar-refractivity contribution is -0.137. The number of amides is 2. The van der Waals surface area contributed by atoms with Crippen LogP contribution in [0.25, 0.3) is 0 Å². The SMILES string of the molecule is O=C(CCc1cscn1)Nc1cccc(C(=O)Nc2cccc(C(F)(F)F)c2)c1. The molecule has 3 rings (SSSR count). The molecular weight excluding hydrogens is 403 g/mol. The van der Waals surface area contributed by atoms with Crippen LogP contribution >= 0.6 is 11.3 Å². The largest absolute Gasteiger partial charge is 0.416 e. The summed E-state index contributed by atoms with van der Waals surface area (Å²) in [6, 6.07) is 10.6. The zero-order valence-electron chi connectivity index (χ0n) is 15.0. The fourth-order valence-corrected chi connectivity index (χ4v) is 3.13. The summed E-state index contributed by atoms with van der Waals surface area (Å²) in [4.78, 5) is 28.6. The Morgan fingerprint density at radius 1 is 1.00 bits per heavy atom. The molecule has 0 aliphatic heterocycles. The van der Waals surface area contributed by atoms with Gasteiger partial charge in [0.1, 0.15) is 0 Å². The van der Waals surface area contributed by atoms with Gasteiger partial charge in [-0.2, -0.15) is 13.2 Å². The number of anilines is 2. The highest BCUT2D eigenvalue weighted by molar-refractivity contribution is 7.07. The summed E-state index contributed by atoms with van der Waals surface area (Å²) < 4.78 is 38.4. The first-order valence-corrected chi connectivity index (χ1v) is 9.51. The average molecular weight is 419 g/mol. The number of thiazole rings is 1. The molecule has 0 atom stereocenters. The van der Waals surface area contributed by atoms with Gasteiger partial charge in [-0.15, -0.1) is 11.3 Å². The Hall–Kier alpha value is -3.20. The predicted molar refractivity (Wildman–Crippen MR) is 105 cm³/mol. The molecule has 0 spiro atoms. The molecule has 0 unspecified atom stereocenters. The minimum atomic E-state index is -4.50. The molecule has 150 valence electrons. The van der Waals surface area contributed by atoms with E-state index < -0.39 is 17.6 Å². The molecule has 9 heteroatoms. The number of nitrogens with zero attached hydrogens (tertiary/aromatic N) is 1. The average Bonchev–Trinajstić information content (AvgIpc) is 3.20. The van der Waals surface area contributed by atoms with Gasteiger partial charge in [-0.25, -0.2) is 4.98 Å². The standard InChI is InChI=1S/C20H16F3N3O2S/c21-20(22,23)14-4-2-6-16(10-14)26-19(28)13-3-1-5-15(9-13)25-18(27)8-7-17-11-29-12-24-17/h1-6,9-12H,7-8H2,(H,25,27)(H,26,28). The quantitative estimate of drug-likeness (QED) is 0.592. The second kappa shape index (κ2) is 8.87. The summed E-state index contributed by atoms with van der Waals surface area (Å²) in [5.74, 6) is -0.809. The van der Waals surface area contributed by atoms with Crippen LogP contribution < -0.4 is 10.6 Å². The van der Waals surface area contributed by atoms with E-state index >= 15 is 0 Å². The van der Waals surface area contributed by atoms with Crippen molar-refractivity contribution in [3.8, 4) is 0 Å². The molecule has 0 aliphatic rings. The molecule has 0 fully saturated rings. The number of rotatable bonds is 6. The predicted octanol–water partition coefficient (Wildman–Crippen LogP) is 4.99. The summed E-state index contributed by atoms with van der Waals surface area (Å²) >= 11 is 1.45. The highest BCUT2D eigenvalue weighted by Gasteiger charge is 2.30. The molecule has 1 heterocycles. The summed E-state index contributed by atoms with van der Waals surface area (Å²) in [6.07, 6.45) is -3.75. The first-order chi connectivity index (χ1) is 13.8. The third-order valence-corrected chi connectivity index (χ3v) is 4.58. The fourth-order valence-electron chi connectivity index (χ4n) is 2.54. The molecular formula is C20H16F3N3O2S. The topological polar surface area (TPSA) is 71.1 Å². The van der Waals surface area contributed by atoms with Crippen LogP contribution in [0.2, 0.25) is 0 Å². The monoisotopic (exact) mass is 419 g/mol. The minimum Gasteiger partial charge on any atom is -0.326 e. The van der Waals surface area contributed by atoms with Crippen LogP contribution in [-0.2, 0) is 17.4 Å². The van der Waals surface area contributed by atoms with Crippen molar-refractivity contribution in [2.75, 3.05) is 10.6 Å². The van der Waals surface area contributed by atoms with Crippen molar-refractivity contribution in [3.63, 3.8) is 0 Å². The van der Waals surface area contributed by atoms with Crippen molar-refractivity contribution in [3.05, 3.63) is 76.2 Å². The summed E-state index contributed by atoms with van der Waals surface area (Å²) in [5, 5.41) is 7.00. The Balaban J connectivity index is 1.62. The van der Waals surface area contributed by atoms with Gasteiger partial charge in [0.2, 0.25) is 5.91 Å². The Labute approximate surface area is 168 Å². The number of hydrogen-bond acceptors (Lipinski definition) is 4. The Morgan fingerprint density at radius 3 is 2.41 bits per heavy atom. The lowest BCUT2D eigenvalue weighted by Crippen LogP contribution is -2.15. The van der Waals surface area contributed by atoms with E-state index in [4.69, 9.17) is 0 Å². The molecule has 2 N–H and O–H groups in total. The van der Waals surface area contributed by atoms with Crippen LogP contribution in [-0.4, -0.2) is 16.8 Å². The van der Waals surface area contributed by atoms with E-state index in [2.05, 4.69) is 15.6 Å². The maximum atomic E-state index is 12.8. The number of aromatic nitrogens is 1. The first kappa shape index (κ1) is 20.5.